The SMILES string of the molecule is Cc1c[c-](C)c(C)c1C.[CH3-].[CH3-].[NH-]C12CC3CC(CC(C3)C1)C2.[Ti+4]. The molecule has 0 saturated heterocycles. The maximum absolute atomic E-state index is 8.21. The van der Waals surface area contributed by atoms with Crippen LogP contribution in [-0.4, -0.2) is 5.54 Å². The monoisotopic (exact) mass is 349 g/mol. The van der Waals surface area contributed by atoms with Crippen molar-refractivity contribution in [1.82, 2.24) is 0 Å². The van der Waals surface area contributed by atoms with Crippen molar-refractivity contribution in [3.8, 4) is 0 Å². The standard InChI is InChI=1S/C10H16N.C9H13.2CH3.Ti/c11-10-4-7-1-8(5-10)3-9(2-7)6-10;1-6-5-7(2)9(4)8(6)3;;;/h7-9,11H,1-6H2;5H,1-4H3;2*1H3;/q4*-1;+4. The first-order valence-corrected chi connectivity index (χ1v) is 8.31. The summed E-state index contributed by atoms with van der Waals surface area (Å²) in [6, 6.07) is 2.24. The predicted octanol–water partition coefficient (Wildman–Crippen LogP) is 6.54. The third-order valence-corrected chi connectivity index (χ3v) is 6.22. The van der Waals surface area contributed by atoms with E-state index in [4.69, 9.17) is 5.73 Å². The normalized spacial score (nSPS) is 32.8. The van der Waals surface area contributed by atoms with Crippen molar-refractivity contribution < 1.29 is 21.7 Å². The van der Waals surface area contributed by atoms with Crippen LogP contribution in [0, 0.1) is 60.3 Å². The minimum absolute atomic E-state index is 0. The molecule has 4 saturated carbocycles. The van der Waals surface area contributed by atoms with Crippen molar-refractivity contribution in [2.75, 3.05) is 0 Å². The van der Waals surface area contributed by atoms with E-state index in [0.717, 1.165) is 17.8 Å². The van der Waals surface area contributed by atoms with E-state index in [2.05, 4.69) is 33.8 Å². The fourth-order valence-electron chi connectivity index (χ4n) is 5.24. The zero-order valence-corrected chi connectivity index (χ0v) is 17.6. The van der Waals surface area contributed by atoms with Crippen LogP contribution in [0.2, 0.25) is 0 Å². The Balaban J connectivity index is 0.000000380. The molecule has 128 valence electrons. The van der Waals surface area contributed by atoms with Gasteiger partial charge in [0.2, 0.25) is 0 Å². The van der Waals surface area contributed by atoms with Crippen LogP contribution in [0.4, 0.5) is 0 Å². The molecule has 0 aromatic heterocycles. The van der Waals surface area contributed by atoms with Crippen molar-refractivity contribution in [3.05, 3.63) is 48.9 Å². The molecule has 0 spiro atoms. The first-order valence-electron chi connectivity index (χ1n) is 8.31. The van der Waals surface area contributed by atoms with Crippen LogP contribution in [0.1, 0.15) is 60.8 Å². The summed E-state index contributed by atoms with van der Waals surface area (Å²) in [6.07, 6.45) is 8.12. The summed E-state index contributed by atoms with van der Waals surface area (Å²) in [7, 11) is 0. The summed E-state index contributed by atoms with van der Waals surface area (Å²) in [4.78, 5) is 0. The Labute approximate surface area is 160 Å². The second-order valence-electron chi connectivity index (χ2n) is 7.96. The molecule has 0 heterocycles. The fraction of sp³-hybridized carbons (Fsp3) is 0.667. The summed E-state index contributed by atoms with van der Waals surface area (Å²) >= 11 is 0. The van der Waals surface area contributed by atoms with Gasteiger partial charge in [-0.2, -0.15) is 28.3 Å². The van der Waals surface area contributed by atoms with Gasteiger partial charge in [0.15, 0.2) is 0 Å². The molecule has 2 heteroatoms. The van der Waals surface area contributed by atoms with Gasteiger partial charge in [-0.3, -0.25) is 0 Å². The smallest absolute Gasteiger partial charge is 0.672 e. The van der Waals surface area contributed by atoms with E-state index in [-0.39, 0.29) is 42.1 Å². The average molecular weight is 349 g/mol. The molecule has 1 aromatic carbocycles. The van der Waals surface area contributed by atoms with Crippen molar-refractivity contribution in [1.29, 1.82) is 0 Å². The van der Waals surface area contributed by atoms with Crippen molar-refractivity contribution >= 4 is 0 Å². The minimum atomic E-state index is 0. The van der Waals surface area contributed by atoms with Gasteiger partial charge in [-0.25, -0.2) is 0 Å². The molecule has 1 N–H and O–H groups in total. The number of hydrogen-bond donors (Lipinski definition) is 0. The number of hydrogen-bond acceptors (Lipinski definition) is 0. The molecular formula is C21H35NTi. The molecule has 1 aromatic rings. The Hall–Kier alpha value is 0.0243. The molecule has 5 rings (SSSR count). The molecule has 0 radical (unpaired) electrons. The molecule has 23 heavy (non-hydrogen) atoms. The molecule has 0 aliphatic heterocycles. The molecule has 1 nitrogen and oxygen atoms in total. The summed E-state index contributed by atoms with van der Waals surface area (Å²) in [6.45, 7) is 8.68. The Morgan fingerprint density at radius 3 is 1.52 bits per heavy atom. The van der Waals surface area contributed by atoms with Crippen LogP contribution < -0.4 is 0 Å². The zero-order valence-electron chi connectivity index (χ0n) is 16.1. The summed E-state index contributed by atoms with van der Waals surface area (Å²) in [5, 5.41) is 0. The quantitative estimate of drug-likeness (QED) is 0.375. The van der Waals surface area contributed by atoms with E-state index in [1.54, 1.807) is 0 Å². The molecule has 4 bridgehead atoms. The largest absolute Gasteiger partial charge is 4.00 e. The van der Waals surface area contributed by atoms with Gasteiger partial charge in [0, 0.05) is 0 Å². The van der Waals surface area contributed by atoms with Gasteiger partial charge in [-0.15, -0.1) is 5.54 Å². The fourth-order valence-corrected chi connectivity index (χ4v) is 5.24. The summed E-state index contributed by atoms with van der Waals surface area (Å²) < 4.78 is 0. The van der Waals surface area contributed by atoms with E-state index in [1.807, 2.05) is 0 Å². The molecule has 4 aliphatic rings. The third-order valence-electron chi connectivity index (χ3n) is 6.22. The second-order valence-corrected chi connectivity index (χ2v) is 7.96. The number of nitrogens with one attached hydrogen (secondary N) is 1. The van der Waals surface area contributed by atoms with E-state index in [1.165, 1.54) is 60.8 Å². The Bertz CT molecular complexity index is 442. The van der Waals surface area contributed by atoms with Crippen molar-refractivity contribution in [3.63, 3.8) is 0 Å². The van der Waals surface area contributed by atoms with Gasteiger partial charge < -0.3 is 20.6 Å². The average Bonchev–Trinajstić information content (AvgIpc) is 2.54. The van der Waals surface area contributed by atoms with E-state index in [9.17, 15) is 0 Å². The minimum Gasteiger partial charge on any atom is -0.672 e. The van der Waals surface area contributed by atoms with Gasteiger partial charge in [0.1, 0.15) is 0 Å². The topological polar surface area (TPSA) is 23.8 Å². The zero-order chi connectivity index (χ0) is 14.5. The Morgan fingerprint density at radius 1 is 0.957 bits per heavy atom. The van der Waals surface area contributed by atoms with Crippen LogP contribution in [0.5, 0.6) is 0 Å². The van der Waals surface area contributed by atoms with Crippen LogP contribution in [0.3, 0.4) is 0 Å². The van der Waals surface area contributed by atoms with E-state index < -0.39 is 0 Å². The summed E-state index contributed by atoms with van der Waals surface area (Å²) in [5.74, 6) is 2.87. The van der Waals surface area contributed by atoms with Gasteiger partial charge in [0.25, 0.3) is 0 Å². The van der Waals surface area contributed by atoms with Gasteiger partial charge >= 0.3 is 21.7 Å². The first-order chi connectivity index (χ1) is 9.36. The van der Waals surface area contributed by atoms with Gasteiger partial charge in [-0.1, -0.05) is 47.0 Å². The molecular weight excluding hydrogens is 314 g/mol. The molecule has 4 fully saturated rings. The van der Waals surface area contributed by atoms with Crippen molar-refractivity contribution in [2.24, 2.45) is 17.8 Å². The second kappa shape index (κ2) is 8.41. The van der Waals surface area contributed by atoms with Gasteiger partial charge in [0.05, 0.1) is 0 Å². The van der Waals surface area contributed by atoms with Gasteiger partial charge in [-0.05, 0) is 37.0 Å². The van der Waals surface area contributed by atoms with Crippen LogP contribution in [0.25, 0.3) is 5.73 Å². The molecule has 0 atom stereocenters. The maximum Gasteiger partial charge on any atom is 4.00 e. The van der Waals surface area contributed by atoms with Crippen molar-refractivity contribution in [2.45, 2.75) is 71.8 Å². The van der Waals surface area contributed by atoms with Crippen LogP contribution in [0.15, 0.2) is 6.07 Å². The number of rotatable bonds is 0. The molecule has 0 unspecified atom stereocenters. The molecule has 4 aliphatic carbocycles. The van der Waals surface area contributed by atoms with E-state index in [0.29, 0.717) is 0 Å². The van der Waals surface area contributed by atoms with E-state index >= 15 is 0 Å². The first kappa shape index (κ1) is 23.0. The van der Waals surface area contributed by atoms with Crippen LogP contribution in [-0.2, 0) is 21.7 Å². The molecule has 0 amide bonds. The predicted molar refractivity (Wildman–Crippen MR) is 99.0 cm³/mol. The van der Waals surface area contributed by atoms with Crippen LogP contribution >= 0.6 is 0 Å². The Kier molecular flexibility index (Phi) is 8.42. The Morgan fingerprint density at radius 2 is 1.35 bits per heavy atom. The summed E-state index contributed by atoms with van der Waals surface area (Å²) in [5.41, 5.74) is 14.0. The maximum atomic E-state index is 8.21. The third kappa shape index (κ3) is 4.77. The number of aryl methyl sites for hydroxylation is 2.